The first-order valence-corrected chi connectivity index (χ1v) is 27.0. The van der Waals surface area contributed by atoms with Gasteiger partial charge in [0, 0.05) is 31.7 Å². The van der Waals surface area contributed by atoms with Gasteiger partial charge in [0.15, 0.2) is 0 Å². The second kappa shape index (κ2) is 39.2. The maximum atomic E-state index is 13.3. The quantitative estimate of drug-likeness (QED) is 0.0238. The van der Waals surface area contributed by atoms with Gasteiger partial charge in [-0.25, -0.2) is 40.7 Å². The van der Waals surface area contributed by atoms with Crippen LogP contribution in [0.2, 0.25) is 0 Å². The summed E-state index contributed by atoms with van der Waals surface area (Å²) in [5, 5.41) is 34.5. The first-order chi connectivity index (χ1) is 41.0. The molecule has 29 heteroatoms. The van der Waals surface area contributed by atoms with Crippen molar-refractivity contribution in [1.29, 1.82) is 0 Å². The number of carboxylic acid groups (broad SMARTS) is 2. The van der Waals surface area contributed by atoms with Crippen LogP contribution in [0.1, 0.15) is 96.4 Å². The maximum absolute atomic E-state index is 13.3. The van der Waals surface area contributed by atoms with Crippen molar-refractivity contribution in [3.8, 4) is 0 Å². The molecule has 482 valence electrons. The monoisotopic (exact) mass is 1250 g/mol. The number of amides is 8. The molecule has 11 N–H and O–H groups in total. The van der Waals surface area contributed by atoms with Crippen LogP contribution in [0.15, 0.2) is 84.9 Å². The summed E-state index contributed by atoms with van der Waals surface area (Å²) in [4.78, 5) is 127. The lowest BCUT2D eigenvalue weighted by Crippen LogP contribution is -2.50. The molecule has 0 aliphatic rings. The molecular weight excluding hydrogens is 1170 g/mol. The number of hydrogen-bond acceptors (Lipinski definition) is 13. The number of aliphatic carboxylic acids is 2. The number of ether oxygens (including phenoxy) is 2. The number of alkyl carbamates (subject to hydrolysis) is 1. The minimum atomic E-state index is -1.21. The number of nitrogens with one attached hydrogen (secondary N) is 7. The minimum Gasteiger partial charge on any atom is -0.480 e. The Balaban J connectivity index is 0.000000654. The van der Waals surface area contributed by atoms with E-state index in [0.29, 0.717) is 44.0 Å². The molecule has 23 nitrogen and oxygen atoms in total. The first-order valence-electron chi connectivity index (χ1n) is 27.0. The van der Waals surface area contributed by atoms with Crippen LogP contribution in [0.3, 0.4) is 0 Å². The number of rotatable bonds is 26. The summed E-state index contributed by atoms with van der Waals surface area (Å²) in [5.41, 5.74) is 5.18. The van der Waals surface area contributed by atoms with Gasteiger partial charge >= 0.3 is 24.0 Å². The van der Waals surface area contributed by atoms with Gasteiger partial charge in [-0.2, -0.15) is 0 Å². The Morgan fingerprint density at radius 3 is 1.25 bits per heavy atom. The van der Waals surface area contributed by atoms with Crippen molar-refractivity contribution in [2.75, 3.05) is 20.2 Å². The van der Waals surface area contributed by atoms with E-state index in [2.05, 4.69) is 43.0 Å². The highest BCUT2D eigenvalue weighted by Crippen LogP contribution is 2.13. The second-order valence-electron chi connectivity index (χ2n) is 20.4. The smallest absolute Gasteiger partial charge is 0.407 e. The van der Waals surface area contributed by atoms with Gasteiger partial charge in [-0.15, -0.1) is 0 Å². The summed E-state index contributed by atoms with van der Waals surface area (Å²) in [7, 11) is 1.19. The van der Waals surface area contributed by atoms with Crippen LogP contribution in [-0.2, 0) is 83.1 Å². The number of hydrogen-bond donors (Lipinski definition) is 10. The van der Waals surface area contributed by atoms with Crippen molar-refractivity contribution < 1.29 is 98.8 Å². The molecule has 4 aromatic rings. The van der Waals surface area contributed by atoms with Crippen LogP contribution < -0.4 is 43.0 Å². The second-order valence-corrected chi connectivity index (χ2v) is 20.4. The maximum Gasteiger partial charge on any atom is 0.407 e. The molecule has 0 heterocycles. The highest BCUT2D eigenvalue weighted by molar-refractivity contribution is 5.92. The number of benzene rings is 4. The summed E-state index contributed by atoms with van der Waals surface area (Å²) in [6.45, 7) is 10.5. The van der Waals surface area contributed by atoms with E-state index < -0.39 is 137 Å². The predicted octanol–water partition coefficient (Wildman–Crippen LogP) is 4.28. The summed E-state index contributed by atoms with van der Waals surface area (Å²) in [5.74, 6) is -12.0. The Morgan fingerprint density at radius 2 is 0.898 bits per heavy atom. The topological polar surface area (TPSA) is 357 Å². The number of halogens is 6. The zero-order valence-electron chi connectivity index (χ0n) is 49.6. The molecule has 0 saturated heterocycles. The average molecular weight is 1250 g/mol. The highest BCUT2D eigenvalue weighted by Gasteiger charge is 2.27. The van der Waals surface area contributed by atoms with Gasteiger partial charge in [-0.1, -0.05) is 30.3 Å². The third-order valence-corrected chi connectivity index (χ3v) is 11.2. The fourth-order valence-corrected chi connectivity index (χ4v) is 7.26. The van der Waals surface area contributed by atoms with Crippen LogP contribution in [0, 0.1) is 34.9 Å². The highest BCUT2D eigenvalue weighted by atomic mass is 19.2. The fraction of sp³-hybridized carbons (Fsp3) is 0.407. The Bertz CT molecular complexity index is 2960. The molecule has 0 bridgehead atoms. The number of esters is 1. The van der Waals surface area contributed by atoms with Crippen LogP contribution in [0.4, 0.5) is 31.1 Å². The Kier molecular flexibility index (Phi) is 34.0. The van der Waals surface area contributed by atoms with Crippen LogP contribution in [-0.4, -0.2) is 132 Å². The SMILES string of the molecule is CC(N)=O.CC(NC(=O)Cc1cc(F)cc(F)c1)C(=O)NC(CCc1ccccc1)C(=O)O.CC(NC(=O)Cc1cc(F)cc(F)c1)C(=O)NCC(=O)O.COC(=O)C(CCCCNC(=O)OC(C)(C)C)NC(=O)C(C)NC(=O)Cc1cc(F)cc(F)c1. The molecule has 5 atom stereocenters. The van der Waals surface area contributed by atoms with Gasteiger partial charge < -0.3 is 62.6 Å². The molecule has 0 aliphatic heterocycles. The largest absolute Gasteiger partial charge is 0.480 e. The molecule has 4 rings (SSSR count). The summed E-state index contributed by atoms with van der Waals surface area (Å²) < 4.78 is 88.7. The van der Waals surface area contributed by atoms with Crippen LogP contribution in [0.5, 0.6) is 0 Å². The number of nitrogens with two attached hydrogens (primary N) is 1. The van der Waals surface area contributed by atoms with E-state index in [4.69, 9.17) is 14.6 Å². The Morgan fingerprint density at radius 1 is 0.523 bits per heavy atom. The van der Waals surface area contributed by atoms with E-state index in [1.807, 2.05) is 30.3 Å². The van der Waals surface area contributed by atoms with Crippen LogP contribution >= 0.6 is 0 Å². The molecule has 0 fully saturated rings. The first kappa shape index (κ1) is 76.4. The number of carbonyl (C=O) groups excluding carboxylic acids is 9. The molecular formula is C59H74F6N8O15. The number of primary amides is 1. The zero-order valence-corrected chi connectivity index (χ0v) is 49.6. The van der Waals surface area contributed by atoms with Crippen LogP contribution in [0.25, 0.3) is 0 Å². The average Bonchev–Trinajstić information content (AvgIpc) is 3.56. The van der Waals surface area contributed by atoms with Crippen molar-refractivity contribution in [2.24, 2.45) is 5.73 Å². The molecule has 0 radical (unpaired) electrons. The van der Waals surface area contributed by atoms with Crippen molar-refractivity contribution in [2.45, 2.75) is 136 Å². The number of unbranched alkanes of at least 4 members (excludes halogenated alkanes) is 1. The molecule has 88 heavy (non-hydrogen) atoms. The third kappa shape index (κ3) is 35.0. The summed E-state index contributed by atoms with van der Waals surface area (Å²) >= 11 is 0. The van der Waals surface area contributed by atoms with Gasteiger partial charge in [0.2, 0.25) is 41.4 Å². The predicted molar refractivity (Wildman–Crippen MR) is 305 cm³/mol. The molecule has 0 aliphatic carbocycles. The van der Waals surface area contributed by atoms with Gasteiger partial charge in [0.1, 0.15) is 77.3 Å². The van der Waals surface area contributed by atoms with Gasteiger partial charge in [-0.3, -0.25) is 38.4 Å². The molecule has 0 spiro atoms. The standard InChI is InChI=1S/C23H33F2N3O6.C21H22F2N2O4.C13H14F2N2O4.C2H5NO/c1-14(27-19(29)12-15-10-16(24)13-17(25)11-15)20(30)28-18(21(31)33-5)8-6-7-9-26-22(32)34-23(2,3)4;1-13(24-19(26)11-15-9-16(22)12-17(23)10-15)20(27)25-18(21(28)29)8-7-14-5-3-2-4-6-14;1-7(13(21)16-6-12(19)20)17-11(18)4-8-2-9(14)5-10(15)3-8;1-2(3)4/h10-11,13-14,18H,6-9,12H2,1-5H3,(H,26,32)(H,27,29)(H,28,30);2-6,9-10,12-13,18H,7-8,11H2,1H3,(H,24,26)(H,25,27)(H,28,29);2-3,5,7H,4,6H2,1H3,(H,16,21)(H,17,18)(H,19,20);1H3,(H2,3,4). The van der Waals surface area contributed by atoms with Crippen molar-refractivity contribution in [3.63, 3.8) is 0 Å². The lowest BCUT2D eigenvalue weighted by atomic mass is 10.0. The molecule has 4 aromatic carbocycles. The van der Waals surface area contributed by atoms with Gasteiger partial charge in [-0.05, 0) is 132 Å². The molecule has 0 aromatic heterocycles. The lowest BCUT2D eigenvalue weighted by molar-refractivity contribution is -0.145. The van der Waals surface area contributed by atoms with E-state index in [9.17, 15) is 84.2 Å². The molecule has 5 unspecified atom stereocenters. The Hall–Kier alpha value is -9.57. The normalized spacial score (nSPS) is 12.2. The van der Waals surface area contributed by atoms with Gasteiger partial charge in [0.05, 0.1) is 26.4 Å². The summed E-state index contributed by atoms with van der Waals surface area (Å²) in [6, 6.07) is 12.4. The van der Waals surface area contributed by atoms with Crippen molar-refractivity contribution in [3.05, 3.63) is 142 Å². The number of methoxy groups -OCH3 is 1. The van der Waals surface area contributed by atoms with E-state index >= 15 is 0 Å². The van der Waals surface area contributed by atoms with Crippen molar-refractivity contribution >= 4 is 65.4 Å². The third-order valence-electron chi connectivity index (χ3n) is 11.2. The van der Waals surface area contributed by atoms with E-state index in [-0.39, 0.29) is 54.7 Å². The minimum absolute atomic E-state index is 0.120. The Labute approximate surface area is 503 Å². The zero-order chi connectivity index (χ0) is 66.8. The lowest BCUT2D eigenvalue weighted by Gasteiger charge is -2.21. The molecule has 0 saturated carbocycles. The van der Waals surface area contributed by atoms with E-state index in [1.165, 1.54) is 34.8 Å². The van der Waals surface area contributed by atoms with E-state index in [0.717, 1.165) is 42.0 Å². The number of carboxylic acids is 2. The van der Waals surface area contributed by atoms with Gasteiger partial charge in [0.25, 0.3) is 0 Å². The van der Waals surface area contributed by atoms with Crippen molar-refractivity contribution in [1.82, 2.24) is 37.2 Å². The molecule has 8 amide bonds. The van der Waals surface area contributed by atoms with E-state index in [1.54, 1.807) is 20.8 Å². The number of aryl methyl sites for hydroxylation is 1. The fourth-order valence-electron chi connectivity index (χ4n) is 7.26. The number of carbonyl (C=O) groups is 11. The summed E-state index contributed by atoms with van der Waals surface area (Å²) in [6.07, 6.45) is 0.429.